The molecule has 0 aliphatic rings. The minimum atomic E-state index is 0.854. The SMILES string of the molecule is c1ccc(-c2c3ccccc3c(-c3ccc(-c4ccc(-c5ccc6oc7ccccc7c6c5)c5oc6ccccc6c45)c4c3oc3ccccc34)c3ccccc23)cc1. The van der Waals surface area contributed by atoms with E-state index in [1.807, 2.05) is 18.2 Å². The second-order valence-corrected chi connectivity index (χ2v) is 15.4. The van der Waals surface area contributed by atoms with E-state index in [1.165, 1.54) is 38.2 Å². The fourth-order valence-corrected chi connectivity index (χ4v) is 9.76. The molecule has 3 aromatic heterocycles. The molecule has 0 amide bonds. The Kier molecular flexibility index (Phi) is 6.72. The lowest BCUT2D eigenvalue weighted by atomic mass is 9.84. The van der Waals surface area contributed by atoms with Crippen LogP contribution in [-0.2, 0) is 0 Å². The molecule has 274 valence electrons. The van der Waals surface area contributed by atoms with Crippen LogP contribution in [0.1, 0.15) is 0 Å². The number of hydrogen-bond donors (Lipinski definition) is 0. The Morgan fingerprint density at radius 1 is 0.237 bits per heavy atom. The first-order valence-corrected chi connectivity index (χ1v) is 20.1. The van der Waals surface area contributed by atoms with Gasteiger partial charge in [0.15, 0.2) is 0 Å². The van der Waals surface area contributed by atoms with E-state index in [2.05, 4.69) is 176 Å². The average molecular weight is 753 g/mol. The highest BCUT2D eigenvalue weighted by atomic mass is 16.3. The Labute approximate surface area is 337 Å². The Morgan fingerprint density at radius 2 is 0.661 bits per heavy atom. The molecule has 0 aliphatic carbocycles. The molecule has 3 heterocycles. The first-order chi connectivity index (χ1) is 29.3. The molecule has 0 spiro atoms. The van der Waals surface area contributed by atoms with Crippen molar-refractivity contribution < 1.29 is 13.3 Å². The summed E-state index contributed by atoms with van der Waals surface area (Å²) in [5, 5.41) is 11.3. The molecule has 13 rings (SSSR count). The number of para-hydroxylation sites is 3. The van der Waals surface area contributed by atoms with Crippen molar-refractivity contribution in [2.24, 2.45) is 0 Å². The normalized spacial score (nSPS) is 12.1. The Morgan fingerprint density at radius 3 is 1.25 bits per heavy atom. The number of fused-ring (bicyclic) bond motifs is 11. The summed E-state index contributed by atoms with van der Waals surface area (Å²) in [6.45, 7) is 0. The maximum Gasteiger partial charge on any atom is 0.143 e. The minimum absolute atomic E-state index is 0.854. The molecule has 0 fully saturated rings. The molecule has 13 aromatic rings. The fourth-order valence-electron chi connectivity index (χ4n) is 9.76. The van der Waals surface area contributed by atoms with Gasteiger partial charge in [-0.05, 0) is 91.8 Å². The summed E-state index contributed by atoms with van der Waals surface area (Å²) in [5.74, 6) is 0. The van der Waals surface area contributed by atoms with E-state index in [4.69, 9.17) is 13.3 Å². The van der Waals surface area contributed by atoms with Gasteiger partial charge in [0.2, 0.25) is 0 Å². The second kappa shape index (κ2) is 12.3. The van der Waals surface area contributed by atoms with Crippen LogP contribution >= 0.6 is 0 Å². The Hall–Kier alpha value is -7.88. The first-order valence-electron chi connectivity index (χ1n) is 20.1. The summed E-state index contributed by atoms with van der Waals surface area (Å²) in [6, 6.07) is 68.9. The first kappa shape index (κ1) is 32.2. The third-order valence-corrected chi connectivity index (χ3v) is 12.3. The van der Waals surface area contributed by atoms with Crippen molar-refractivity contribution in [3.63, 3.8) is 0 Å². The lowest BCUT2D eigenvalue weighted by molar-refractivity contribution is 0.668. The quantitative estimate of drug-likeness (QED) is 0.168. The molecule has 10 aromatic carbocycles. The molecule has 59 heavy (non-hydrogen) atoms. The highest BCUT2D eigenvalue weighted by Crippen LogP contribution is 2.50. The fraction of sp³-hybridized carbons (Fsp3) is 0. The zero-order chi connectivity index (χ0) is 38.6. The van der Waals surface area contributed by atoms with Gasteiger partial charge in [-0.15, -0.1) is 0 Å². The molecule has 0 saturated heterocycles. The van der Waals surface area contributed by atoms with Crippen LogP contribution in [0.2, 0.25) is 0 Å². The number of benzene rings is 10. The predicted molar refractivity (Wildman–Crippen MR) is 245 cm³/mol. The van der Waals surface area contributed by atoms with Crippen molar-refractivity contribution >= 4 is 87.4 Å². The minimum Gasteiger partial charge on any atom is -0.456 e. The van der Waals surface area contributed by atoms with Gasteiger partial charge in [0, 0.05) is 49.0 Å². The summed E-state index contributed by atoms with van der Waals surface area (Å²) in [4.78, 5) is 0. The molecule has 3 nitrogen and oxygen atoms in total. The molecule has 0 radical (unpaired) electrons. The van der Waals surface area contributed by atoms with E-state index < -0.39 is 0 Å². The topological polar surface area (TPSA) is 39.4 Å². The van der Waals surface area contributed by atoms with Gasteiger partial charge in [0.1, 0.15) is 33.5 Å². The summed E-state index contributed by atoms with van der Waals surface area (Å²) in [7, 11) is 0. The molecule has 0 saturated carbocycles. The molecule has 3 heteroatoms. The molecular formula is C56H32O3. The molecule has 0 unspecified atom stereocenters. The summed E-state index contributed by atoms with van der Waals surface area (Å²) < 4.78 is 20.1. The smallest absolute Gasteiger partial charge is 0.143 e. The van der Waals surface area contributed by atoms with Gasteiger partial charge in [0.05, 0.1) is 0 Å². The molecule has 0 atom stereocenters. The van der Waals surface area contributed by atoms with E-state index >= 15 is 0 Å². The molecule has 0 N–H and O–H groups in total. The lowest BCUT2D eigenvalue weighted by Gasteiger charge is -2.18. The van der Waals surface area contributed by atoms with Crippen molar-refractivity contribution in [1.29, 1.82) is 0 Å². The third-order valence-electron chi connectivity index (χ3n) is 12.3. The predicted octanol–water partition coefficient (Wildman–Crippen LogP) is 16.4. The zero-order valence-corrected chi connectivity index (χ0v) is 31.7. The monoisotopic (exact) mass is 752 g/mol. The van der Waals surface area contributed by atoms with Crippen molar-refractivity contribution in [2.75, 3.05) is 0 Å². The zero-order valence-electron chi connectivity index (χ0n) is 31.7. The van der Waals surface area contributed by atoms with Gasteiger partial charge >= 0.3 is 0 Å². The van der Waals surface area contributed by atoms with Crippen LogP contribution in [0.25, 0.3) is 132 Å². The second-order valence-electron chi connectivity index (χ2n) is 15.4. The van der Waals surface area contributed by atoms with E-state index in [0.29, 0.717) is 0 Å². The largest absolute Gasteiger partial charge is 0.456 e. The number of rotatable bonds is 4. The van der Waals surface area contributed by atoms with Gasteiger partial charge in [-0.3, -0.25) is 0 Å². The van der Waals surface area contributed by atoms with Crippen LogP contribution in [0.3, 0.4) is 0 Å². The van der Waals surface area contributed by atoms with Crippen LogP contribution in [0.15, 0.2) is 207 Å². The van der Waals surface area contributed by atoms with Crippen molar-refractivity contribution in [2.45, 2.75) is 0 Å². The number of furan rings is 3. The van der Waals surface area contributed by atoms with Crippen LogP contribution < -0.4 is 0 Å². The van der Waals surface area contributed by atoms with Crippen LogP contribution in [0, 0.1) is 0 Å². The third kappa shape index (κ3) is 4.64. The van der Waals surface area contributed by atoms with E-state index in [9.17, 15) is 0 Å². The van der Waals surface area contributed by atoms with Gasteiger partial charge in [-0.25, -0.2) is 0 Å². The maximum atomic E-state index is 7.02. The summed E-state index contributed by atoms with van der Waals surface area (Å²) >= 11 is 0. The van der Waals surface area contributed by atoms with Crippen LogP contribution in [0.4, 0.5) is 0 Å². The molecule has 0 aliphatic heterocycles. The van der Waals surface area contributed by atoms with Gasteiger partial charge in [-0.1, -0.05) is 152 Å². The highest BCUT2D eigenvalue weighted by Gasteiger charge is 2.25. The van der Waals surface area contributed by atoms with Gasteiger partial charge in [-0.2, -0.15) is 0 Å². The number of hydrogen-bond acceptors (Lipinski definition) is 3. The van der Waals surface area contributed by atoms with Crippen molar-refractivity contribution in [3.8, 4) is 44.5 Å². The Balaban J connectivity index is 1.11. The van der Waals surface area contributed by atoms with E-state index in [0.717, 1.165) is 93.6 Å². The standard InChI is InChI=1S/C56H32O3/c1-2-14-33(15-3-1)51-37-17-4-6-19-39(37)52(40-20-7-5-18-38(40)51)45-30-29-42(54-44-22-10-13-25-49(44)59-56(45)54)41-28-27-35(55-53(41)43-21-9-12-24-48(43)58-55)34-26-31-50-46(32-34)36-16-8-11-23-47(36)57-50/h1-32H. The van der Waals surface area contributed by atoms with Crippen LogP contribution in [-0.4, -0.2) is 0 Å². The van der Waals surface area contributed by atoms with E-state index in [-0.39, 0.29) is 0 Å². The van der Waals surface area contributed by atoms with Crippen molar-refractivity contribution in [1.82, 2.24) is 0 Å². The van der Waals surface area contributed by atoms with E-state index in [1.54, 1.807) is 0 Å². The average Bonchev–Trinajstić information content (AvgIpc) is 4.00. The van der Waals surface area contributed by atoms with Crippen molar-refractivity contribution in [3.05, 3.63) is 194 Å². The lowest BCUT2D eigenvalue weighted by Crippen LogP contribution is -1.92. The summed E-state index contributed by atoms with van der Waals surface area (Å²) in [6.07, 6.45) is 0. The molecule has 0 bridgehead atoms. The maximum absolute atomic E-state index is 7.02. The van der Waals surface area contributed by atoms with Gasteiger partial charge < -0.3 is 13.3 Å². The molecular weight excluding hydrogens is 721 g/mol. The summed E-state index contributed by atoms with van der Waals surface area (Å²) in [5.41, 5.74) is 14.2. The van der Waals surface area contributed by atoms with Crippen LogP contribution in [0.5, 0.6) is 0 Å². The van der Waals surface area contributed by atoms with Gasteiger partial charge in [0.25, 0.3) is 0 Å². The Bertz CT molecular complexity index is 3780. The highest BCUT2D eigenvalue weighted by molar-refractivity contribution is 6.27.